The number of carbonyl (C=O) groups is 1. The number of hydrogen-bond donors (Lipinski definition) is 1. The summed E-state index contributed by atoms with van der Waals surface area (Å²) in [4.78, 5) is 21.1. The van der Waals surface area contributed by atoms with Gasteiger partial charge in [-0.15, -0.1) is 24.0 Å². The van der Waals surface area contributed by atoms with E-state index in [0.29, 0.717) is 6.54 Å². The van der Waals surface area contributed by atoms with Crippen LogP contribution in [-0.4, -0.2) is 81.8 Å². The van der Waals surface area contributed by atoms with E-state index >= 15 is 0 Å². The average Bonchev–Trinajstić information content (AvgIpc) is 3.13. The van der Waals surface area contributed by atoms with Crippen LogP contribution < -0.4 is 5.32 Å². The maximum Gasteiger partial charge on any atom is 0.310 e. The summed E-state index contributed by atoms with van der Waals surface area (Å²) in [5.41, 5.74) is 1.29. The summed E-state index contributed by atoms with van der Waals surface area (Å²) < 4.78 is 10.5. The molecule has 3 atom stereocenters. The van der Waals surface area contributed by atoms with Crippen molar-refractivity contribution in [2.45, 2.75) is 13.0 Å². The lowest BCUT2D eigenvalue weighted by Crippen LogP contribution is -2.47. The molecule has 0 spiro atoms. The minimum Gasteiger partial charge on any atom is -0.469 e. The first kappa shape index (κ1) is 23.9. The summed E-state index contributed by atoms with van der Waals surface area (Å²) in [7, 11) is 3.25. The van der Waals surface area contributed by atoms with Gasteiger partial charge in [-0.25, -0.2) is 0 Å². The molecule has 0 aliphatic carbocycles. The SMILES string of the molecule is CN=C(NCC(c1ccccc1)N1CCOCC1)N1CC(C)C(C(=O)OC)C1.I. The van der Waals surface area contributed by atoms with Crippen molar-refractivity contribution in [3.05, 3.63) is 35.9 Å². The van der Waals surface area contributed by atoms with E-state index in [4.69, 9.17) is 9.47 Å². The van der Waals surface area contributed by atoms with Crippen molar-refractivity contribution in [3.8, 4) is 0 Å². The molecule has 0 aromatic heterocycles. The zero-order valence-electron chi connectivity index (χ0n) is 17.5. The number of benzene rings is 1. The predicted molar refractivity (Wildman–Crippen MR) is 125 cm³/mol. The summed E-state index contributed by atoms with van der Waals surface area (Å²) in [6.07, 6.45) is 0. The molecule has 1 aromatic rings. The molecule has 8 heteroatoms. The van der Waals surface area contributed by atoms with Crippen LogP contribution in [0.15, 0.2) is 35.3 Å². The molecule has 7 nitrogen and oxygen atoms in total. The monoisotopic (exact) mass is 516 g/mol. The molecule has 29 heavy (non-hydrogen) atoms. The molecule has 2 heterocycles. The first-order valence-electron chi connectivity index (χ1n) is 10.0. The minimum atomic E-state index is -0.138. The van der Waals surface area contributed by atoms with Crippen LogP contribution in [0.25, 0.3) is 0 Å². The van der Waals surface area contributed by atoms with Crippen molar-refractivity contribution in [3.63, 3.8) is 0 Å². The van der Waals surface area contributed by atoms with Crippen LogP contribution in [0.2, 0.25) is 0 Å². The second-order valence-electron chi connectivity index (χ2n) is 7.51. The molecule has 1 N–H and O–H groups in total. The Labute approximate surface area is 190 Å². The van der Waals surface area contributed by atoms with Gasteiger partial charge in [0.05, 0.1) is 32.3 Å². The van der Waals surface area contributed by atoms with Crippen LogP contribution in [0.3, 0.4) is 0 Å². The third kappa shape index (κ3) is 6.05. The molecule has 3 unspecified atom stereocenters. The van der Waals surface area contributed by atoms with Gasteiger partial charge < -0.3 is 19.7 Å². The largest absolute Gasteiger partial charge is 0.469 e. The first-order chi connectivity index (χ1) is 13.6. The Hall–Kier alpha value is -1.39. The molecule has 0 bridgehead atoms. The standard InChI is InChI=1S/C21H32N4O3.HI/c1-16-14-25(15-18(16)20(26)27-3)21(22-2)23-13-19(17-7-5-4-6-8-17)24-9-11-28-12-10-24;/h4-8,16,18-19H,9-15H2,1-3H3,(H,22,23);1H. The fraction of sp³-hybridized carbons (Fsp3) is 0.619. The number of nitrogens with one attached hydrogen (secondary N) is 1. The minimum absolute atomic E-state index is 0. The maximum atomic E-state index is 12.0. The lowest BCUT2D eigenvalue weighted by atomic mass is 9.99. The van der Waals surface area contributed by atoms with Crippen LogP contribution in [0.4, 0.5) is 0 Å². The highest BCUT2D eigenvalue weighted by atomic mass is 127. The highest BCUT2D eigenvalue weighted by Gasteiger charge is 2.37. The fourth-order valence-electron chi connectivity index (χ4n) is 4.14. The maximum absolute atomic E-state index is 12.0. The lowest BCUT2D eigenvalue weighted by molar-refractivity contribution is -0.145. The highest BCUT2D eigenvalue weighted by molar-refractivity contribution is 14.0. The number of carbonyl (C=O) groups excluding carboxylic acids is 1. The Morgan fingerprint density at radius 1 is 1.28 bits per heavy atom. The molecule has 2 aliphatic heterocycles. The zero-order chi connectivity index (χ0) is 19.9. The van der Waals surface area contributed by atoms with Gasteiger partial charge in [0.15, 0.2) is 5.96 Å². The second-order valence-corrected chi connectivity index (χ2v) is 7.51. The van der Waals surface area contributed by atoms with Gasteiger partial charge in [0.25, 0.3) is 0 Å². The van der Waals surface area contributed by atoms with Gasteiger partial charge in [0, 0.05) is 39.8 Å². The Kier molecular flexibility index (Phi) is 9.64. The van der Waals surface area contributed by atoms with E-state index in [2.05, 4.69) is 51.3 Å². The van der Waals surface area contributed by atoms with Gasteiger partial charge in [-0.3, -0.25) is 14.7 Å². The van der Waals surface area contributed by atoms with E-state index in [1.54, 1.807) is 7.05 Å². The third-order valence-electron chi connectivity index (χ3n) is 5.75. The summed E-state index contributed by atoms with van der Waals surface area (Å²) >= 11 is 0. The van der Waals surface area contributed by atoms with Gasteiger partial charge in [-0.05, 0) is 11.5 Å². The van der Waals surface area contributed by atoms with Crippen LogP contribution in [-0.2, 0) is 14.3 Å². The van der Waals surface area contributed by atoms with Crippen molar-refractivity contribution in [2.24, 2.45) is 16.8 Å². The molecular formula is C21H33IN4O3. The number of aliphatic imine (C=N–C) groups is 1. The molecule has 2 saturated heterocycles. The second kappa shape index (κ2) is 11.7. The fourth-order valence-corrected chi connectivity index (χ4v) is 4.14. The molecule has 0 saturated carbocycles. The Morgan fingerprint density at radius 3 is 2.59 bits per heavy atom. The van der Waals surface area contributed by atoms with Crippen molar-refractivity contribution in [1.29, 1.82) is 0 Å². The Balaban J connectivity index is 0.00000300. The predicted octanol–water partition coefficient (Wildman–Crippen LogP) is 1.99. The number of morpholine rings is 1. The van der Waals surface area contributed by atoms with Gasteiger partial charge in [-0.2, -0.15) is 0 Å². The molecule has 3 rings (SSSR count). The van der Waals surface area contributed by atoms with Crippen LogP contribution in [0.5, 0.6) is 0 Å². The summed E-state index contributed by atoms with van der Waals surface area (Å²) in [6, 6.07) is 10.8. The molecule has 162 valence electrons. The molecule has 1 aromatic carbocycles. The third-order valence-corrected chi connectivity index (χ3v) is 5.75. The lowest BCUT2D eigenvalue weighted by Gasteiger charge is -2.35. The number of rotatable bonds is 5. The van der Waals surface area contributed by atoms with Crippen molar-refractivity contribution >= 4 is 35.9 Å². The molecule has 0 amide bonds. The molecular weight excluding hydrogens is 483 g/mol. The smallest absolute Gasteiger partial charge is 0.310 e. The van der Waals surface area contributed by atoms with E-state index in [0.717, 1.165) is 45.4 Å². The van der Waals surface area contributed by atoms with E-state index in [-0.39, 0.29) is 47.8 Å². The topological polar surface area (TPSA) is 66.4 Å². The molecule has 2 fully saturated rings. The number of ether oxygens (including phenoxy) is 2. The number of likely N-dealkylation sites (tertiary alicyclic amines) is 1. The quantitative estimate of drug-likeness (QED) is 0.280. The Bertz CT molecular complexity index is 667. The van der Waals surface area contributed by atoms with Gasteiger partial charge >= 0.3 is 5.97 Å². The zero-order valence-corrected chi connectivity index (χ0v) is 19.9. The van der Waals surface area contributed by atoms with Crippen molar-refractivity contribution in [1.82, 2.24) is 15.1 Å². The highest BCUT2D eigenvalue weighted by Crippen LogP contribution is 2.25. The number of nitrogens with zero attached hydrogens (tertiary/aromatic N) is 3. The van der Waals surface area contributed by atoms with Crippen molar-refractivity contribution in [2.75, 3.05) is 60.1 Å². The molecule has 0 radical (unpaired) electrons. The van der Waals surface area contributed by atoms with Crippen molar-refractivity contribution < 1.29 is 14.3 Å². The van der Waals surface area contributed by atoms with Crippen LogP contribution in [0.1, 0.15) is 18.5 Å². The first-order valence-corrected chi connectivity index (χ1v) is 10.0. The summed E-state index contributed by atoms with van der Waals surface area (Å²) in [5.74, 6) is 0.844. The van der Waals surface area contributed by atoms with Gasteiger partial charge in [0.1, 0.15) is 0 Å². The van der Waals surface area contributed by atoms with Crippen LogP contribution in [0, 0.1) is 11.8 Å². The van der Waals surface area contributed by atoms with E-state index < -0.39 is 0 Å². The number of hydrogen-bond acceptors (Lipinski definition) is 5. The summed E-state index contributed by atoms with van der Waals surface area (Å²) in [5, 5.41) is 3.55. The van der Waals surface area contributed by atoms with E-state index in [1.165, 1.54) is 12.7 Å². The van der Waals surface area contributed by atoms with Gasteiger partial charge in [-0.1, -0.05) is 37.3 Å². The number of esters is 1. The van der Waals surface area contributed by atoms with Gasteiger partial charge in [0.2, 0.25) is 0 Å². The normalized spacial score (nSPS) is 24.0. The number of methoxy groups -OCH3 is 1. The van der Waals surface area contributed by atoms with E-state index in [9.17, 15) is 4.79 Å². The number of halogens is 1. The Morgan fingerprint density at radius 2 is 1.97 bits per heavy atom. The van der Waals surface area contributed by atoms with E-state index in [1.807, 2.05) is 6.07 Å². The molecule has 2 aliphatic rings. The van der Waals surface area contributed by atoms with Crippen LogP contribution >= 0.6 is 24.0 Å². The summed E-state index contributed by atoms with van der Waals surface area (Å²) in [6.45, 7) is 7.66. The average molecular weight is 516 g/mol. The number of guanidine groups is 1.